The number of benzene rings is 1. The largest absolute Gasteiger partial charge is 0.416 e. The number of aliphatic hydroxyl groups is 1. The van der Waals surface area contributed by atoms with Crippen molar-refractivity contribution in [3.8, 4) is 0 Å². The topological polar surface area (TPSA) is 99.9 Å². The van der Waals surface area contributed by atoms with Gasteiger partial charge >= 0.3 is 12.2 Å². The second-order valence-corrected chi connectivity index (χ2v) is 7.35. The first-order valence-electron chi connectivity index (χ1n) is 9.54. The molecule has 0 radical (unpaired) electrons. The first-order chi connectivity index (χ1) is 14.7. The smallest absolute Gasteiger partial charge is 0.393 e. The van der Waals surface area contributed by atoms with Crippen LogP contribution in [0.1, 0.15) is 27.3 Å². The maximum Gasteiger partial charge on any atom is 0.416 e. The monoisotopic (exact) mass is 439 g/mol. The van der Waals surface area contributed by atoms with Gasteiger partial charge in [0.05, 0.1) is 31.0 Å². The fourth-order valence-corrected chi connectivity index (χ4v) is 3.68. The van der Waals surface area contributed by atoms with Crippen molar-refractivity contribution in [2.24, 2.45) is 0 Å². The summed E-state index contributed by atoms with van der Waals surface area (Å²) in [6.45, 7) is 0.232. The number of nitrogens with zero attached hydrogens (tertiary/aromatic N) is 4. The highest BCUT2D eigenvalue weighted by molar-refractivity contribution is 5.94. The number of aliphatic hydroxyl groups excluding tert-OH is 1. The van der Waals surface area contributed by atoms with Crippen molar-refractivity contribution >= 4 is 17.6 Å². The van der Waals surface area contributed by atoms with E-state index in [-0.39, 0.29) is 37.6 Å². The van der Waals surface area contributed by atoms with Crippen LogP contribution < -0.4 is 5.32 Å². The Morgan fingerprint density at radius 2 is 2.16 bits per heavy atom. The molecule has 0 saturated heterocycles. The van der Waals surface area contributed by atoms with E-state index in [9.17, 15) is 27.9 Å². The number of nitrogens with one attached hydrogen (secondary N) is 1. The molecule has 31 heavy (non-hydrogen) atoms. The predicted octanol–water partition coefficient (Wildman–Crippen LogP) is 1.87. The third kappa shape index (κ3) is 4.08. The Morgan fingerprint density at radius 1 is 1.39 bits per heavy atom. The van der Waals surface area contributed by atoms with Gasteiger partial charge < -0.3 is 15.3 Å². The van der Waals surface area contributed by atoms with Crippen molar-refractivity contribution in [1.29, 1.82) is 0 Å². The quantitative estimate of drug-likeness (QED) is 0.744. The highest BCUT2D eigenvalue weighted by Gasteiger charge is 2.35. The Hall–Kier alpha value is -3.12. The zero-order valence-corrected chi connectivity index (χ0v) is 16.5. The van der Waals surface area contributed by atoms with Crippen molar-refractivity contribution in [3.63, 3.8) is 0 Å². The fourth-order valence-electron chi connectivity index (χ4n) is 3.68. The Balaban J connectivity index is 1.55. The summed E-state index contributed by atoms with van der Waals surface area (Å²) in [5.41, 5.74) is 0.655. The van der Waals surface area contributed by atoms with Crippen LogP contribution in [-0.2, 0) is 30.5 Å². The fraction of sp³-hybridized carbons (Fsp3) is 0.421. The van der Waals surface area contributed by atoms with Crippen molar-refractivity contribution in [3.05, 3.63) is 46.8 Å². The molecule has 166 valence electrons. The number of hydrogen-bond donors (Lipinski definition) is 2. The molecule has 0 aliphatic carbocycles. The van der Waals surface area contributed by atoms with E-state index in [4.69, 9.17) is 4.84 Å². The normalized spacial score (nSPS) is 19.0. The van der Waals surface area contributed by atoms with Crippen molar-refractivity contribution < 1.29 is 32.7 Å². The number of halogens is 3. The average molecular weight is 439 g/mol. The molecule has 3 heterocycles. The second kappa shape index (κ2) is 7.85. The van der Waals surface area contributed by atoms with Crippen LogP contribution in [-0.4, -0.2) is 63.1 Å². The van der Waals surface area contributed by atoms with Crippen LogP contribution in [0.15, 0.2) is 24.3 Å². The molecule has 2 aromatic rings. The van der Waals surface area contributed by atoms with Crippen LogP contribution in [0.5, 0.6) is 0 Å². The number of carbonyl (C=O) groups is 2. The zero-order chi connectivity index (χ0) is 22.3. The Bertz CT molecular complexity index is 1020. The third-order valence-corrected chi connectivity index (χ3v) is 5.21. The van der Waals surface area contributed by atoms with Crippen LogP contribution in [0.4, 0.5) is 23.7 Å². The molecule has 12 heteroatoms. The lowest BCUT2D eigenvalue weighted by Gasteiger charge is -2.27. The molecule has 1 atom stereocenters. The van der Waals surface area contributed by atoms with Crippen LogP contribution in [0.25, 0.3) is 0 Å². The number of amides is 3. The standard InChI is InChI=1S/C19H20F3N5O4/c1-25-17(29)16-14-9-26(6-5-15(14)24-27(16)8-13(10-28)31-25)18(30)23-12-4-2-3-11(7-12)19(20,21)22/h2-4,7,13,28H,5-6,8-10H2,1H3,(H,23,30). The summed E-state index contributed by atoms with van der Waals surface area (Å²) in [6.07, 6.45) is -4.78. The summed E-state index contributed by atoms with van der Waals surface area (Å²) in [5.74, 6) is -0.454. The minimum absolute atomic E-state index is 0.0226. The first kappa shape index (κ1) is 21.1. The summed E-state index contributed by atoms with van der Waals surface area (Å²) in [4.78, 5) is 32.3. The molecule has 4 rings (SSSR count). The van der Waals surface area contributed by atoms with Crippen molar-refractivity contribution in [1.82, 2.24) is 19.7 Å². The second-order valence-electron chi connectivity index (χ2n) is 7.35. The molecule has 9 nitrogen and oxygen atoms in total. The first-order valence-corrected chi connectivity index (χ1v) is 9.54. The highest BCUT2D eigenvalue weighted by atomic mass is 19.4. The molecule has 2 aliphatic rings. The van der Waals surface area contributed by atoms with Crippen LogP contribution in [0.2, 0.25) is 0 Å². The number of urea groups is 1. The van der Waals surface area contributed by atoms with Gasteiger partial charge in [-0.1, -0.05) is 6.07 Å². The van der Waals surface area contributed by atoms with Gasteiger partial charge in [0.1, 0.15) is 11.8 Å². The molecule has 1 aromatic carbocycles. The van der Waals surface area contributed by atoms with Gasteiger partial charge in [-0.3, -0.25) is 14.3 Å². The number of anilines is 1. The van der Waals surface area contributed by atoms with E-state index in [0.29, 0.717) is 17.7 Å². The molecule has 3 amide bonds. The molecule has 1 unspecified atom stereocenters. The number of rotatable bonds is 2. The number of hydrogen-bond acceptors (Lipinski definition) is 5. The van der Waals surface area contributed by atoms with Gasteiger partial charge in [-0.2, -0.15) is 18.3 Å². The zero-order valence-electron chi connectivity index (χ0n) is 16.5. The van der Waals surface area contributed by atoms with Crippen molar-refractivity contribution in [2.75, 3.05) is 25.5 Å². The average Bonchev–Trinajstić information content (AvgIpc) is 3.03. The van der Waals surface area contributed by atoms with E-state index in [1.807, 2.05) is 0 Å². The summed E-state index contributed by atoms with van der Waals surface area (Å²) in [7, 11) is 1.43. The van der Waals surface area contributed by atoms with E-state index in [2.05, 4.69) is 10.4 Å². The maximum absolute atomic E-state index is 12.9. The molecule has 0 spiro atoms. The maximum atomic E-state index is 12.9. The molecule has 1 aromatic heterocycles. The van der Waals surface area contributed by atoms with Crippen LogP contribution >= 0.6 is 0 Å². The van der Waals surface area contributed by atoms with Gasteiger partial charge in [0, 0.05) is 31.3 Å². The van der Waals surface area contributed by atoms with E-state index >= 15 is 0 Å². The van der Waals surface area contributed by atoms with E-state index in [0.717, 1.165) is 17.2 Å². The van der Waals surface area contributed by atoms with Gasteiger partial charge in [-0.05, 0) is 18.2 Å². The van der Waals surface area contributed by atoms with Gasteiger partial charge in [0.25, 0.3) is 5.91 Å². The Labute approximate surface area is 174 Å². The number of alkyl halides is 3. The predicted molar refractivity (Wildman–Crippen MR) is 101 cm³/mol. The van der Waals surface area contributed by atoms with Gasteiger partial charge in [-0.15, -0.1) is 0 Å². The highest BCUT2D eigenvalue weighted by Crippen LogP contribution is 2.31. The van der Waals surface area contributed by atoms with Crippen LogP contribution in [0.3, 0.4) is 0 Å². The van der Waals surface area contributed by atoms with E-state index in [1.165, 1.54) is 28.8 Å². The minimum Gasteiger partial charge on any atom is -0.393 e. The van der Waals surface area contributed by atoms with Gasteiger partial charge in [0.15, 0.2) is 0 Å². The van der Waals surface area contributed by atoms with Gasteiger partial charge in [0.2, 0.25) is 0 Å². The third-order valence-electron chi connectivity index (χ3n) is 5.21. The number of aromatic nitrogens is 2. The van der Waals surface area contributed by atoms with Crippen LogP contribution in [0, 0.1) is 0 Å². The Morgan fingerprint density at radius 3 is 2.87 bits per heavy atom. The minimum atomic E-state index is -4.52. The molecule has 0 bridgehead atoms. The van der Waals surface area contributed by atoms with E-state index < -0.39 is 29.8 Å². The SMILES string of the molecule is CN1OC(CO)Cn2nc3c(c2C1=O)CN(C(=O)Nc1cccc(C(F)(F)F)c1)CC3. The molecular formula is C19H20F3N5O4. The molecular weight excluding hydrogens is 419 g/mol. The summed E-state index contributed by atoms with van der Waals surface area (Å²) < 4.78 is 40.2. The molecule has 2 N–H and O–H groups in total. The van der Waals surface area contributed by atoms with Crippen molar-refractivity contribution in [2.45, 2.75) is 31.8 Å². The lowest BCUT2D eigenvalue weighted by molar-refractivity contribution is -0.159. The molecule has 0 saturated carbocycles. The number of fused-ring (bicyclic) bond motifs is 3. The summed E-state index contributed by atoms with van der Waals surface area (Å²) in [5, 5.41) is 17.4. The number of carbonyl (C=O) groups excluding carboxylic acids is 2. The van der Waals surface area contributed by atoms with Gasteiger partial charge in [-0.25, -0.2) is 9.86 Å². The lowest BCUT2D eigenvalue weighted by atomic mass is 10.1. The summed E-state index contributed by atoms with van der Waals surface area (Å²) >= 11 is 0. The molecule has 0 fully saturated rings. The molecule has 2 aliphatic heterocycles. The number of hydroxylamine groups is 2. The lowest BCUT2D eigenvalue weighted by Crippen LogP contribution is -2.39. The van der Waals surface area contributed by atoms with E-state index in [1.54, 1.807) is 0 Å². The summed E-state index contributed by atoms with van der Waals surface area (Å²) in [6, 6.07) is 3.80. The Kier molecular flexibility index (Phi) is 5.35.